The number of aryl methyl sites for hydroxylation is 2. The lowest BCUT2D eigenvalue weighted by atomic mass is 10.2. The molecule has 2 aromatic rings. The molecular formula is C20H26N4O9PS-. The summed E-state index contributed by atoms with van der Waals surface area (Å²) >= 11 is 5.70. The molecule has 35 heavy (non-hydrogen) atoms. The molecule has 0 bridgehead atoms. The Kier molecular flexibility index (Phi) is 7.26. The maximum Gasteiger partial charge on any atom is 0.349 e. The first kappa shape index (κ1) is 26.0. The molecule has 0 spiro atoms. The second-order valence-corrected chi connectivity index (χ2v) is 13.2. The maximum absolute atomic E-state index is 12.3. The van der Waals surface area contributed by atoms with Crippen molar-refractivity contribution in [1.82, 2.24) is 19.1 Å². The third-order valence-corrected chi connectivity index (χ3v) is 11.2. The normalized spacial score (nSPS) is 30.5. The van der Waals surface area contributed by atoms with E-state index in [9.17, 15) is 34.6 Å². The van der Waals surface area contributed by atoms with Crippen LogP contribution in [0.3, 0.4) is 0 Å². The van der Waals surface area contributed by atoms with Gasteiger partial charge in [-0.15, -0.1) is 0 Å². The lowest BCUT2D eigenvalue weighted by Crippen LogP contribution is -2.36. The third kappa shape index (κ3) is 4.71. The molecule has 2 aliphatic heterocycles. The van der Waals surface area contributed by atoms with Gasteiger partial charge in [-0.3, -0.25) is 23.8 Å². The van der Waals surface area contributed by atoms with Crippen molar-refractivity contribution in [2.75, 3.05) is 13.2 Å². The molecule has 0 amide bonds. The fourth-order valence-corrected chi connectivity index (χ4v) is 8.75. The Morgan fingerprint density at radius 1 is 1.06 bits per heavy atom. The summed E-state index contributed by atoms with van der Waals surface area (Å²) in [7, 11) is 0. The highest BCUT2D eigenvalue weighted by molar-refractivity contribution is 8.40. The average molecular weight is 529 g/mol. The number of aliphatic hydroxyl groups is 2. The van der Waals surface area contributed by atoms with Gasteiger partial charge in [0.1, 0.15) is 36.0 Å². The molecule has 2 fully saturated rings. The lowest BCUT2D eigenvalue weighted by Gasteiger charge is -2.39. The largest absolute Gasteiger partial charge is 0.858 e. The Labute approximate surface area is 204 Å². The predicted molar refractivity (Wildman–Crippen MR) is 124 cm³/mol. The van der Waals surface area contributed by atoms with E-state index < -0.39 is 78.7 Å². The summed E-state index contributed by atoms with van der Waals surface area (Å²) < 4.78 is 14.0. The van der Waals surface area contributed by atoms with Gasteiger partial charge in [-0.25, -0.2) is 14.6 Å². The number of nitrogens with zero attached hydrogens (tertiary/aromatic N) is 3. The summed E-state index contributed by atoms with van der Waals surface area (Å²) in [4.78, 5) is 53.6. The second-order valence-electron chi connectivity index (χ2n) is 8.80. The van der Waals surface area contributed by atoms with Crippen LogP contribution in [-0.2, 0) is 21.7 Å². The van der Waals surface area contributed by atoms with E-state index in [1.807, 2.05) is 0 Å². The lowest BCUT2D eigenvalue weighted by molar-refractivity contribution is -0.276. The summed E-state index contributed by atoms with van der Waals surface area (Å²) in [5, 5.41) is 31.6. The standard InChI is InChI=1S/C20H27N4O9PS/c1-9-5-23(19(29)21-17(9)27)15-3-13(11(7-25)32-15)34(31,35)14-4-16(33-12(14)8-26)24-6-10(2)18(28)22-20(24)30/h5-6,11-16,25-26H,3-4,7-8H2,1-2H3,(H,31,35)(H,21,27,29)(H,22,28,30)/p-1/t11-,12-,13+,14+,15-,16-/m1/s1. The van der Waals surface area contributed by atoms with Crippen LogP contribution in [0.5, 0.6) is 5.88 Å². The second kappa shape index (κ2) is 9.77. The molecule has 4 N–H and O–H groups in total. The summed E-state index contributed by atoms with van der Waals surface area (Å²) in [5.41, 5.74) is -3.05. The van der Waals surface area contributed by atoms with Crippen molar-refractivity contribution in [1.29, 1.82) is 0 Å². The predicted octanol–water partition coefficient (Wildman–Crippen LogP) is -1.83. The minimum absolute atomic E-state index is 0.0647. The molecule has 0 aliphatic carbocycles. The van der Waals surface area contributed by atoms with Crippen LogP contribution in [-0.4, -0.2) is 70.9 Å². The molecule has 2 aliphatic rings. The van der Waals surface area contributed by atoms with Gasteiger partial charge >= 0.3 is 11.4 Å². The van der Waals surface area contributed by atoms with Gasteiger partial charge in [0.2, 0.25) is 0 Å². The van der Waals surface area contributed by atoms with Crippen LogP contribution in [0.4, 0.5) is 0 Å². The Hall–Kier alpha value is -2.06. The van der Waals surface area contributed by atoms with Crippen LogP contribution in [0, 0.1) is 13.8 Å². The molecule has 7 atom stereocenters. The van der Waals surface area contributed by atoms with E-state index in [1.165, 1.54) is 30.8 Å². The van der Waals surface area contributed by atoms with Gasteiger partial charge in [0.05, 0.1) is 13.2 Å². The molecule has 0 radical (unpaired) electrons. The minimum atomic E-state index is -3.44. The molecule has 1 unspecified atom stereocenters. The van der Waals surface area contributed by atoms with Gasteiger partial charge in [0.15, 0.2) is 0 Å². The van der Waals surface area contributed by atoms with Crippen LogP contribution < -0.4 is 22.0 Å². The van der Waals surface area contributed by atoms with Crippen LogP contribution in [0.15, 0.2) is 26.8 Å². The average Bonchev–Trinajstić information content (AvgIpc) is 3.44. The van der Waals surface area contributed by atoms with Crippen molar-refractivity contribution in [2.24, 2.45) is 0 Å². The minimum Gasteiger partial charge on any atom is -0.858 e. The maximum atomic E-state index is 12.3. The highest BCUT2D eigenvalue weighted by Gasteiger charge is 2.56. The number of aliphatic hydroxyl groups excluding tert-OH is 2. The monoisotopic (exact) mass is 529 g/mol. The van der Waals surface area contributed by atoms with E-state index in [-0.39, 0.29) is 24.0 Å². The van der Waals surface area contributed by atoms with Crippen molar-refractivity contribution in [3.05, 3.63) is 54.8 Å². The Balaban J connectivity index is 1.63. The quantitative estimate of drug-likeness (QED) is 0.243. The van der Waals surface area contributed by atoms with Crippen molar-refractivity contribution >= 4 is 18.9 Å². The van der Waals surface area contributed by atoms with Crippen LogP contribution in [0.2, 0.25) is 0 Å². The van der Waals surface area contributed by atoms with E-state index in [0.29, 0.717) is 0 Å². The first-order valence-corrected chi connectivity index (χ1v) is 13.8. The van der Waals surface area contributed by atoms with Gasteiger partial charge in [-0.2, -0.15) is 0 Å². The molecule has 13 nitrogen and oxygen atoms in total. The summed E-state index contributed by atoms with van der Waals surface area (Å²) in [6.07, 6.45) is -0.816. The highest BCUT2D eigenvalue weighted by atomic mass is 32.7. The fraction of sp³-hybridized carbons (Fsp3) is 0.600. The van der Waals surface area contributed by atoms with E-state index in [4.69, 9.17) is 21.7 Å². The van der Waals surface area contributed by atoms with Crippen molar-refractivity contribution in [3.63, 3.8) is 0 Å². The van der Waals surface area contributed by atoms with E-state index >= 15 is 0 Å². The molecular weight excluding hydrogens is 503 g/mol. The molecule has 2 aromatic heterocycles. The van der Waals surface area contributed by atoms with Crippen molar-refractivity contribution < 1.29 is 29.7 Å². The number of H-pyrrole nitrogens is 1. The molecule has 2 saturated heterocycles. The number of hydrogen-bond acceptors (Lipinski definition) is 11. The molecule has 4 heterocycles. The number of rotatable bonds is 6. The van der Waals surface area contributed by atoms with Gasteiger partial charge in [0, 0.05) is 37.5 Å². The Morgan fingerprint density at radius 2 is 1.57 bits per heavy atom. The van der Waals surface area contributed by atoms with E-state index in [1.54, 1.807) is 0 Å². The zero-order valence-electron chi connectivity index (χ0n) is 18.9. The molecule has 15 heteroatoms. The van der Waals surface area contributed by atoms with Gasteiger partial charge in [0.25, 0.3) is 5.56 Å². The molecule has 192 valence electrons. The van der Waals surface area contributed by atoms with E-state index in [2.05, 4.69) is 9.97 Å². The SMILES string of the molecule is Cc1cn([C@H]2C[C@H]([P+](O)([S-])[C@H]3C[C@H](n4cc(C)c(=O)[nH]c4=O)O[C@@H]3CO)[C@@H](CO)O2)c(=O)nc1[O-]. The van der Waals surface area contributed by atoms with Crippen LogP contribution >= 0.6 is 6.69 Å². The Bertz CT molecular complexity index is 1280. The topological polar surface area (TPSA) is 192 Å². The number of aromatic amines is 1. The summed E-state index contributed by atoms with van der Waals surface area (Å²) in [6.45, 7) is -1.38. The summed E-state index contributed by atoms with van der Waals surface area (Å²) in [5.74, 6) is -0.653. The first-order chi connectivity index (χ1) is 16.5. The van der Waals surface area contributed by atoms with Gasteiger partial charge in [-0.05, 0) is 25.3 Å². The molecule has 0 saturated carbocycles. The number of hydrogen-bond donors (Lipinski definition) is 4. The number of ether oxygens (including phenoxy) is 2. The number of nitrogens with one attached hydrogen (secondary N) is 1. The van der Waals surface area contributed by atoms with Gasteiger partial charge in [-0.1, -0.05) is 0 Å². The van der Waals surface area contributed by atoms with E-state index in [0.717, 1.165) is 4.57 Å². The van der Waals surface area contributed by atoms with Crippen molar-refractivity contribution in [3.8, 4) is 5.88 Å². The third-order valence-electron chi connectivity index (χ3n) is 6.57. The fourth-order valence-electron chi connectivity index (χ4n) is 4.68. The Morgan fingerprint density at radius 3 is 2.11 bits per heavy atom. The number of aromatic nitrogens is 4. The molecule has 4 rings (SSSR count). The zero-order valence-corrected chi connectivity index (χ0v) is 20.6. The summed E-state index contributed by atoms with van der Waals surface area (Å²) in [6, 6.07) is 0. The van der Waals surface area contributed by atoms with Gasteiger partial charge < -0.3 is 37.0 Å². The molecule has 0 aromatic carbocycles. The van der Waals surface area contributed by atoms with Crippen molar-refractivity contribution in [2.45, 2.75) is 62.7 Å². The highest BCUT2D eigenvalue weighted by Crippen LogP contribution is 2.70. The van der Waals surface area contributed by atoms with Crippen LogP contribution in [0.25, 0.3) is 0 Å². The van der Waals surface area contributed by atoms with Crippen LogP contribution in [0.1, 0.15) is 36.4 Å². The first-order valence-electron chi connectivity index (χ1n) is 10.9. The smallest absolute Gasteiger partial charge is 0.349 e. The zero-order chi connectivity index (χ0) is 25.7.